The van der Waals surface area contributed by atoms with E-state index >= 15 is 0 Å². The van der Waals surface area contributed by atoms with Gasteiger partial charge < -0.3 is 10.6 Å². The van der Waals surface area contributed by atoms with Crippen LogP contribution in [-0.2, 0) is 9.59 Å². The maximum absolute atomic E-state index is 12.3. The van der Waals surface area contributed by atoms with Crippen molar-refractivity contribution in [1.82, 2.24) is 10.3 Å². The second kappa shape index (κ2) is 6.14. The van der Waals surface area contributed by atoms with Gasteiger partial charge in [0.1, 0.15) is 6.04 Å². The van der Waals surface area contributed by atoms with Crippen LogP contribution in [0.4, 0.5) is 5.13 Å². The van der Waals surface area contributed by atoms with Crippen molar-refractivity contribution in [3.05, 3.63) is 11.1 Å². The first-order valence-electron chi connectivity index (χ1n) is 6.56. The summed E-state index contributed by atoms with van der Waals surface area (Å²) in [4.78, 5) is 27.8. The second-order valence-corrected chi connectivity index (χ2v) is 5.86. The Balaban J connectivity index is 2.04. The summed E-state index contributed by atoms with van der Waals surface area (Å²) >= 11 is 1.40. The van der Waals surface area contributed by atoms with E-state index in [1.54, 1.807) is 0 Å². The minimum absolute atomic E-state index is 0.156. The highest BCUT2D eigenvalue weighted by atomic mass is 32.1. The van der Waals surface area contributed by atoms with Crippen molar-refractivity contribution < 1.29 is 9.59 Å². The smallest absolute Gasteiger partial charge is 0.249 e. The molecule has 104 valence electrons. The van der Waals surface area contributed by atoms with E-state index in [-0.39, 0.29) is 17.7 Å². The predicted octanol–water partition coefficient (Wildman–Crippen LogP) is 2.08. The molecule has 1 aliphatic rings. The molecule has 19 heavy (non-hydrogen) atoms. The van der Waals surface area contributed by atoms with Crippen LogP contribution in [-0.4, -0.2) is 22.8 Å². The van der Waals surface area contributed by atoms with Gasteiger partial charge in [-0.05, 0) is 25.7 Å². The third-order valence-corrected chi connectivity index (χ3v) is 4.24. The Labute approximate surface area is 116 Å². The molecule has 0 unspecified atom stereocenters. The molecule has 1 aliphatic carbocycles. The maximum atomic E-state index is 12.3. The summed E-state index contributed by atoms with van der Waals surface area (Å²) < 4.78 is 0. The van der Waals surface area contributed by atoms with E-state index < -0.39 is 6.04 Å². The molecule has 1 fully saturated rings. The van der Waals surface area contributed by atoms with Crippen LogP contribution in [0.3, 0.4) is 0 Å². The van der Waals surface area contributed by atoms with E-state index in [0.717, 1.165) is 31.4 Å². The Morgan fingerprint density at radius 3 is 2.63 bits per heavy atom. The van der Waals surface area contributed by atoms with Gasteiger partial charge in [-0.1, -0.05) is 12.8 Å². The first kappa shape index (κ1) is 14.0. The number of hydrogen-bond acceptors (Lipinski definition) is 4. The zero-order valence-electron chi connectivity index (χ0n) is 11.2. The first-order valence-corrected chi connectivity index (χ1v) is 7.44. The lowest BCUT2D eigenvalue weighted by atomic mass is 9.97. The van der Waals surface area contributed by atoms with E-state index in [2.05, 4.69) is 15.6 Å². The molecule has 0 saturated heterocycles. The molecule has 1 aromatic rings. The highest BCUT2D eigenvalue weighted by Gasteiger charge is 2.31. The number of nitrogens with one attached hydrogen (secondary N) is 2. The van der Waals surface area contributed by atoms with Gasteiger partial charge in [-0.15, -0.1) is 11.3 Å². The molecular formula is C13H19N3O2S. The second-order valence-electron chi connectivity index (χ2n) is 5.01. The molecular weight excluding hydrogens is 262 g/mol. The standard InChI is InChI=1S/C13H19N3O2S/c1-8-7-19-13(14-8)16-12(18)11(15-9(2)17)10-5-3-4-6-10/h7,10-11H,3-6H2,1-2H3,(H,15,17)(H,14,16,18)/t11-/m1/s1. The van der Waals surface area contributed by atoms with Gasteiger partial charge >= 0.3 is 0 Å². The Morgan fingerprint density at radius 2 is 2.11 bits per heavy atom. The number of aryl methyl sites for hydroxylation is 1. The minimum atomic E-state index is -0.441. The summed E-state index contributed by atoms with van der Waals surface area (Å²) in [5.74, 6) is -0.0798. The molecule has 1 saturated carbocycles. The molecule has 0 aromatic carbocycles. The fourth-order valence-corrected chi connectivity index (χ4v) is 3.19. The van der Waals surface area contributed by atoms with Gasteiger partial charge in [0.15, 0.2) is 5.13 Å². The normalized spacial score (nSPS) is 17.2. The van der Waals surface area contributed by atoms with Crippen molar-refractivity contribution in [1.29, 1.82) is 0 Å². The quantitative estimate of drug-likeness (QED) is 0.887. The molecule has 0 aliphatic heterocycles. The largest absolute Gasteiger partial charge is 0.344 e. The van der Waals surface area contributed by atoms with Crippen LogP contribution in [0.5, 0.6) is 0 Å². The zero-order valence-corrected chi connectivity index (χ0v) is 12.0. The molecule has 0 bridgehead atoms. The summed E-state index contributed by atoms with van der Waals surface area (Å²) in [6, 6.07) is -0.441. The van der Waals surface area contributed by atoms with Crippen molar-refractivity contribution >= 4 is 28.3 Å². The van der Waals surface area contributed by atoms with Crippen LogP contribution >= 0.6 is 11.3 Å². The number of aromatic nitrogens is 1. The topological polar surface area (TPSA) is 71.1 Å². The fraction of sp³-hybridized carbons (Fsp3) is 0.615. The number of carbonyl (C=O) groups is 2. The fourth-order valence-electron chi connectivity index (χ4n) is 2.50. The van der Waals surface area contributed by atoms with Crippen LogP contribution in [0.1, 0.15) is 38.3 Å². The van der Waals surface area contributed by atoms with E-state index in [1.165, 1.54) is 18.3 Å². The van der Waals surface area contributed by atoms with Gasteiger partial charge in [0.05, 0.1) is 5.69 Å². The molecule has 0 spiro atoms. The molecule has 2 amide bonds. The predicted molar refractivity (Wildman–Crippen MR) is 75.0 cm³/mol. The first-order chi connectivity index (χ1) is 9.06. The van der Waals surface area contributed by atoms with Gasteiger partial charge in [-0.2, -0.15) is 0 Å². The van der Waals surface area contributed by atoms with Crippen molar-refractivity contribution in [3.8, 4) is 0 Å². The van der Waals surface area contributed by atoms with E-state index in [0.29, 0.717) is 5.13 Å². The van der Waals surface area contributed by atoms with Gasteiger partial charge in [0, 0.05) is 12.3 Å². The summed E-state index contributed by atoms with van der Waals surface area (Å²) in [5, 5.41) is 8.05. The van der Waals surface area contributed by atoms with Crippen LogP contribution in [0.2, 0.25) is 0 Å². The third kappa shape index (κ3) is 3.76. The lowest BCUT2D eigenvalue weighted by molar-refractivity contribution is -0.126. The van der Waals surface area contributed by atoms with Crippen LogP contribution < -0.4 is 10.6 Å². The molecule has 1 heterocycles. The summed E-state index contributed by atoms with van der Waals surface area (Å²) in [6.07, 6.45) is 4.25. The summed E-state index contributed by atoms with van der Waals surface area (Å²) in [7, 11) is 0. The van der Waals surface area contributed by atoms with E-state index in [4.69, 9.17) is 0 Å². The Morgan fingerprint density at radius 1 is 1.42 bits per heavy atom. The van der Waals surface area contributed by atoms with Gasteiger partial charge in [0.2, 0.25) is 11.8 Å². The average molecular weight is 281 g/mol. The molecule has 2 N–H and O–H groups in total. The average Bonchev–Trinajstić information content (AvgIpc) is 2.97. The number of amides is 2. The van der Waals surface area contributed by atoms with Crippen LogP contribution in [0.15, 0.2) is 5.38 Å². The van der Waals surface area contributed by atoms with Crippen molar-refractivity contribution in [2.24, 2.45) is 5.92 Å². The van der Waals surface area contributed by atoms with Crippen molar-refractivity contribution in [3.63, 3.8) is 0 Å². The highest BCUT2D eigenvalue weighted by Crippen LogP contribution is 2.28. The number of anilines is 1. The molecule has 0 radical (unpaired) electrons. The van der Waals surface area contributed by atoms with E-state index in [1.807, 2.05) is 12.3 Å². The minimum Gasteiger partial charge on any atom is -0.344 e. The lowest BCUT2D eigenvalue weighted by Gasteiger charge is -2.22. The number of carbonyl (C=O) groups excluding carboxylic acids is 2. The lowest BCUT2D eigenvalue weighted by Crippen LogP contribution is -2.47. The SMILES string of the molecule is CC(=O)N[C@@H](C(=O)Nc1nc(C)cs1)C1CCCC1. The van der Waals surface area contributed by atoms with Crippen molar-refractivity contribution in [2.75, 3.05) is 5.32 Å². The summed E-state index contributed by atoms with van der Waals surface area (Å²) in [5.41, 5.74) is 0.886. The zero-order chi connectivity index (χ0) is 13.8. The van der Waals surface area contributed by atoms with Crippen LogP contribution in [0.25, 0.3) is 0 Å². The molecule has 1 atom stereocenters. The monoisotopic (exact) mass is 281 g/mol. The number of hydrogen-bond donors (Lipinski definition) is 2. The third-order valence-electron chi connectivity index (χ3n) is 3.36. The Bertz CT molecular complexity index is 466. The Hall–Kier alpha value is -1.43. The van der Waals surface area contributed by atoms with Gasteiger partial charge in [-0.25, -0.2) is 4.98 Å². The maximum Gasteiger partial charge on any atom is 0.249 e. The van der Waals surface area contributed by atoms with Gasteiger partial charge in [-0.3, -0.25) is 9.59 Å². The van der Waals surface area contributed by atoms with Crippen LogP contribution in [0, 0.1) is 12.8 Å². The molecule has 1 aromatic heterocycles. The van der Waals surface area contributed by atoms with E-state index in [9.17, 15) is 9.59 Å². The Kier molecular flexibility index (Phi) is 4.52. The molecule has 5 nitrogen and oxygen atoms in total. The van der Waals surface area contributed by atoms with Crippen molar-refractivity contribution in [2.45, 2.75) is 45.6 Å². The number of rotatable bonds is 4. The highest BCUT2D eigenvalue weighted by molar-refractivity contribution is 7.13. The molecule has 2 rings (SSSR count). The number of nitrogens with zero attached hydrogens (tertiary/aromatic N) is 1. The number of thiazole rings is 1. The van der Waals surface area contributed by atoms with Gasteiger partial charge in [0.25, 0.3) is 0 Å². The molecule has 6 heteroatoms. The summed E-state index contributed by atoms with van der Waals surface area (Å²) in [6.45, 7) is 3.33.